The number of hydrogen-bond acceptors (Lipinski definition) is 2. The molecule has 0 N–H and O–H groups in total. The van der Waals surface area contributed by atoms with Gasteiger partial charge in [0.05, 0.1) is 6.54 Å². The highest BCUT2D eigenvalue weighted by Crippen LogP contribution is 2.47. The summed E-state index contributed by atoms with van der Waals surface area (Å²) in [5.74, 6) is 0.730. The number of ketones is 1. The average Bonchev–Trinajstić information content (AvgIpc) is 2.54. The Hall–Kier alpha value is -1.15. The summed E-state index contributed by atoms with van der Waals surface area (Å²) in [6.07, 6.45) is 6.83. The molecule has 0 spiro atoms. The van der Waals surface area contributed by atoms with Crippen LogP contribution in [-0.2, 0) is 10.2 Å². The molecule has 0 heterocycles. The van der Waals surface area contributed by atoms with Crippen LogP contribution in [0.1, 0.15) is 70.4 Å². The van der Waals surface area contributed by atoms with Gasteiger partial charge in [0.1, 0.15) is 5.78 Å². The molecule has 1 aromatic carbocycles. The fraction of sp³-hybridized carbons (Fsp3) is 0.682. The van der Waals surface area contributed by atoms with Crippen molar-refractivity contribution < 1.29 is 4.79 Å². The maximum absolute atomic E-state index is 12.7. The standard InChI is InChI=1S/C22H35NO/c1-5-7-13-23(14-8-6-2)17-21(24)19-15-22(4,16-19)20-11-9-18(3)10-12-20/h9-12,19H,5-8,13-17H2,1-4H3. The van der Waals surface area contributed by atoms with Crippen molar-refractivity contribution in [1.82, 2.24) is 4.90 Å². The van der Waals surface area contributed by atoms with Gasteiger partial charge < -0.3 is 0 Å². The molecule has 1 saturated carbocycles. The van der Waals surface area contributed by atoms with E-state index in [1.165, 1.54) is 36.8 Å². The molecule has 0 amide bonds. The maximum Gasteiger partial charge on any atom is 0.149 e. The van der Waals surface area contributed by atoms with Crippen molar-refractivity contribution >= 4 is 5.78 Å². The Balaban J connectivity index is 1.86. The lowest BCUT2D eigenvalue weighted by atomic mass is 9.58. The van der Waals surface area contributed by atoms with Gasteiger partial charge in [-0.3, -0.25) is 9.69 Å². The minimum absolute atomic E-state index is 0.200. The van der Waals surface area contributed by atoms with Crippen LogP contribution >= 0.6 is 0 Å². The summed E-state index contributed by atoms with van der Waals surface area (Å²) in [6, 6.07) is 8.86. The number of unbranched alkanes of at least 4 members (excludes halogenated alkanes) is 2. The van der Waals surface area contributed by atoms with Crippen LogP contribution < -0.4 is 0 Å². The minimum atomic E-state index is 0.200. The summed E-state index contributed by atoms with van der Waals surface area (Å²) >= 11 is 0. The third kappa shape index (κ3) is 4.92. The van der Waals surface area contributed by atoms with E-state index in [-0.39, 0.29) is 11.3 Å². The number of nitrogens with zero attached hydrogens (tertiary/aromatic N) is 1. The molecule has 2 rings (SSSR count). The van der Waals surface area contributed by atoms with Crippen LogP contribution in [0.3, 0.4) is 0 Å². The van der Waals surface area contributed by atoms with Gasteiger partial charge in [-0.15, -0.1) is 0 Å². The Morgan fingerprint density at radius 1 is 1.08 bits per heavy atom. The zero-order chi connectivity index (χ0) is 17.6. The van der Waals surface area contributed by atoms with Crippen LogP contribution in [0.2, 0.25) is 0 Å². The third-order valence-electron chi connectivity index (χ3n) is 5.63. The van der Waals surface area contributed by atoms with E-state index < -0.39 is 0 Å². The smallest absolute Gasteiger partial charge is 0.149 e. The first-order chi connectivity index (χ1) is 11.5. The van der Waals surface area contributed by atoms with Crippen LogP contribution in [0.15, 0.2) is 24.3 Å². The van der Waals surface area contributed by atoms with Crippen molar-refractivity contribution in [1.29, 1.82) is 0 Å². The monoisotopic (exact) mass is 329 g/mol. The predicted octanol–water partition coefficient (Wildman–Crippen LogP) is 5.13. The van der Waals surface area contributed by atoms with Crippen molar-refractivity contribution in [3.05, 3.63) is 35.4 Å². The van der Waals surface area contributed by atoms with Crippen molar-refractivity contribution in [2.24, 2.45) is 5.92 Å². The molecule has 0 aliphatic heterocycles. The summed E-state index contributed by atoms with van der Waals surface area (Å²) in [7, 11) is 0. The number of Topliss-reactive ketones (excluding diaryl/α,β-unsaturated/α-hetero) is 1. The number of benzene rings is 1. The van der Waals surface area contributed by atoms with Crippen LogP contribution in [-0.4, -0.2) is 30.3 Å². The van der Waals surface area contributed by atoms with E-state index in [2.05, 4.69) is 56.9 Å². The van der Waals surface area contributed by atoms with Gasteiger partial charge in [-0.1, -0.05) is 63.4 Å². The molecule has 1 fully saturated rings. The lowest BCUT2D eigenvalue weighted by Crippen LogP contribution is -2.45. The van der Waals surface area contributed by atoms with Gasteiger partial charge in [-0.25, -0.2) is 0 Å². The zero-order valence-corrected chi connectivity index (χ0v) is 16.1. The lowest BCUT2D eigenvalue weighted by Gasteiger charge is -2.45. The summed E-state index contributed by atoms with van der Waals surface area (Å²) < 4.78 is 0. The second-order valence-corrected chi connectivity index (χ2v) is 7.98. The van der Waals surface area contributed by atoms with E-state index in [1.54, 1.807) is 0 Å². The molecule has 1 aromatic rings. The molecular weight excluding hydrogens is 294 g/mol. The fourth-order valence-electron chi connectivity index (χ4n) is 3.83. The molecule has 134 valence electrons. The first-order valence-corrected chi connectivity index (χ1v) is 9.80. The molecule has 2 nitrogen and oxygen atoms in total. The Morgan fingerprint density at radius 3 is 2.12 bits per heavy atom. The van der Waals surface area contributed by atoms with Crippen molar-refractivity contribution in [2.75, 3.05) is 19.6 Å². The van der Waals surface area contributed by atoms with E-state index in [0.717, 1.165) is 25.9 Å². The SMILES string of the molecule is CCCCN(CCCC)CC(=O)C1CC(C)(c2ccc(C)cc2)C1. The van der Waals surface area contributed by atoms with Crippen LogP contribution in [0.25, 0.3) is 0 Å². The van der Waals surface area contributed by atoms with Gasteiger partial charge in [0.25, 0.3) is 0 Å². The minimum Gasteiger partial charge on any atom is -0.298 e. The molecule has 0 atom stereocenters. The largest absolute Gasteiger partial charge is 0.298 e. The van der Waals surface area contributed by atoms with Gasteiger partial charge in [0.15, 0.2) is 0 Å². The highest BCUT2D eigenvalue weighted by molar-refractivity contribution is 5.84. The molecule has 0 radical (unpaired) electrons. The van der Waals surface area contributed by atoms with E-state index >= 15 is 0 Å². The highest BCUT2D eigenvalue weighted by atomic mass is 16.1. The molecule has 1 aliphatic rings. The van der Waals surface area contributed by atoms with Gasteiger partial charge in [-0.2, -0.15) is 0 Å². The summed E-state index contributed by atoms with van der Waals surface area (Å²) in [5, 5.41) is 0. The molecular formula is C22H35NO. The number of rotatable bonds is 10. The summed E-state index contributed by atoms with van der Waals surface area (Å²) in [4.78, 5) is 15.1. The Morgan fingerprint density at radius 2 is 1.62 bits per heavy atom. The van der Waals surface area contributed by atoms with E-state index in [9.17, 15) is 4.79 Å². The second-order valence-electron chi connectivity index (χ2n) is 7.98. The van der Waals surface area contributed by atoms with Crippen molar-refractivity contribution in [3.63, 3.8) is 0 Å². The fourth-order valence-corrected chi connectivity index (χ4v) is 3.83. The molecule has 1 aliphatic carbocycles. The van der Waals surface area contributed by atoms with Crippen LogP contribution in [0.4, 0.5) is 0 Å². The Labute approximate surface area is 148 Å². The number of carbonyl (C=O) groups is 1. The zero-order valence-electron chi connectivity index (χ0n) is 16.1. The van der Waals surface area contributed by atoms with Crippen LogP contribution in [0, 0.1) is 12.8 Å². The van der Waals surface area contributed by atoms with E-state index in [0.29, 0.717) is 12.3 Å². The average molecular weight is 330 g/mol. The van der Waals surface area contributed by atoms with Crippen molar-refractivity contribution in [2.45, 2.75) is 71.6 Å². The van der Waals surface area contributed by atoms with Gasteiger partial charge in [0, 0.05) is 5.92 Å². The van der Waals surface area contributed by atoms with Crippen molar-refractivity contribution in [3.8, 4) is 0 Å². The quantitative estimate of drug-likeness (QED) is 0.593. The predicted molar refractivity (Wildman–Crippen MR) is 103 cm³/mol. The Kier molecular flexibility index (Phi) is 7.03. The topological polar surface area (TPSA) is 20.3 Å². The molecule has 0 saturated heterocycles. The highest BCUT2D eigenvalue weighted by Gasteiger charge is 2.44. The second kappa shape index (κ2) is 8.80. The van der Waals surface area contributed by atoms with E-state index in [4.69, 9.17) is 0 Å². The first-order valence-electron chi connectivity index (χ1n) is 9.80. The molecule has 0 aromatic heterocycles. The number of hydrogen-bond donors (Lipinski definition) is 0. The summed E-state index contributed by atoms with van der Waals surface area (Å²) in [5.41, 5.74) is 2.90. The molecule has 24 heavy (non-hydrogen) atoms. The molecule has 2 heteroatoms. The van der Waals surface area contributed by atoms with Gasteiger partial charge >= 0.3 is 0 Å². The normalized spacial score (nSPS) is 23.3. The molecule has 0 unspecified atom stereocenters. The van der Waals surface area contributed by atoms with Gasteiger partial charge in [-0.05, 0) is 56.7 Å². The Bertz CT molecular complexity index is 505. The number of carbonyl (C=O) groups excluding carboxylic acids is 1. The van der Waals surface area contributed by atoms with Crippen LogP contribution in [0.5, 0.6) is 0 Å². The summed E-state index contributed by atoms with van der Waals surface area (Å²) in [6.45, 7) is 11.7. The maximum atomic E-state index is 12.7. The van der Waals surface area contributed by atoms with E-state index in [1.807, 2.05) is 0 Å². The first kappa shape index (κ1) is 19.2. The number of aryl methyl sites for hydroxylation is 1. The molecule has 0 bridgehead atoms. The van der Waals surface area contributed by atoms with Gasteiger partial charge in [0.2, 0.25) is 0 Å². The third-order valence-corrected chi connectivity index (χ3v) is 5.63. The lowest BCUT2D eigenvalue weighted by molar-refractivity contribution is -0.128.